The highest BCUT2D eigenvalue weighted by Crippen LogP contribution is 2.32. The van der Waals surface area contributed by atoms with Crippen molar-refractivity contribution in [1.29, 1.82) is 0 Å². The largest absolute Gasteiger partial charge is 0.360 e. The van der Waals surface area contributed by atoms with Crippen LogP contribution in [0, 0.1) is 0 Å². The number of rotatable bonds is 10. The number of carbonyl (C=O) groups is 2. The smallest absolute Gasteiger partial charge is 0.227 e. The fourth-order valence-electron chi connectivity index (χ4n) is 3.63. The van der Waals surface area contributed by atoms with Crippen LogP contribution in [0.25, 0.3) is 22.2 Å². The van der Waals surface area contributed by atoms with Crippen LogP contribution >= 0.6 is 11.6 Å². The number of para-hydroxylation sites is 1. The number of allylic oxidation sites excluding steroid dienone is 1. The first kappa shape index (κ1) is 25.1. The Morgan fingerprint density at radius 1 is 1.08 bits per heavy atom. The minimum absolute atomic E-state index is 0.0756. The third-order valence-corrected chi connectivity index (χ3v) is 5.64. The number of nitrogens with one attached hydrogen (secondary N) is 3. The van der Waals surface area contributed by atoms with Crippen LogP contribution < -0.4 is 10.6 Å². The van der Waals surface area contributed by atoms with Crippen LogP contribution in [-0.4, -0.2) is 52.2 Å². The van der Waals surface area contributed by atoms with Crippen molar-refractivity contribution < 1.29 is 9.59 Å². The minimum atomic E-state index is -0.231. The first-order valence-electron chi connectivity index (χ1n) is 11.5. The zero-order valence-corrected chi connectivity index (χ0v) is 20.8. The van der Waals surface area contributed by atoms with Crippen LogP contribution in [0.15, 0.2) is 73.1 Å². The number of amides is 1. The molecule has 8 nitrogen and oxygen atoms in total. The van der Waals surface area contributed by atoms with Gasteiger partial charge in [0.05, 0.1) is 16.9 Å². The summed E-state index contributed by atoms with van der Waals surface area (Å²) >= 11 is 6.42. The Bertz CT molecular complexity index is 1410. The SMILES string of the molecule is CN(C)C/C=C/C(=O)CCC(=O)Nc1cccc(Nc2ncc(Cl)c(-c3c[nH]c4ccccc34)n2)c1. The number of likely N-dealkylation sites (N-methyl/N-ethyl adjacent to an activating group) is 1. The number of halogens is 1. The monoisotopic (exact) mass is 502 g/mol. The zero-order valence-electron chi connectivity index (χ0n) is 20.1. The molecule has 0 saturated carbocycles. The van der Waals surface area contributed by atoms with Gasteiger partial charge in [-0.1, -0.05) is 41.9 Å². The topological polar surface area (TPSA) is 103 Å². The van der Waals surface area contributed by atoms with Crippen molar-refractivity contribution >= 4 is 51.5 Å². The van der Waals surface area contributed by atoms with E-state index < -0.39 is 0 Å². The van der Waals surface area contributed by atoms with E-state index in [4.69, 9.17) is 11.6 Å². The third kappa shape index (κ3) is 6.56. The summed E-state index contributed by atoms with van der Waals surface area (Å²) in [5.41, 5.74) is 3.79. The van der Waals surface area contributed by atoms with E-state index in [1.165, 1.54) is 6.08 Å². The van der Waals surface area contributed by atoms with E-state index in [9.17, 15) is 9.59 Å². The molecule has 1 amide bonds. The Morgan fingerprint density at radius 3 is 2.72 bits per heavy atom. The number of benzene rings is 2. The van der Waals surface area contributed by atoms with Gasteiger partial charge < -0.3 is 20.5 Å². The molecule has 0 saturated heterocycles. The molecule has 0 aliphatic carbocycles. The Kier molecular flexibility index (Phi) is 8.10. The summed E-state index contributed by atoms with van der Waals surface area (Å²) in [4.78, 5) is 38.4. The van der Waals surface area contributed by atoms with Gasteiger partial charge in [-0.15, -0.1) is 0 Å². The first-order valence-corrected chi connectivity index (χ1v) is 11.9. The van der Waals surface area contributed by atoms with Crippen molar-refractivity contribution in [2.24, 2.45) is 0 Å². The molecule has 3 N–H and O–H groups in total. The molecule has 0 aliphatic heterocycles. The number of ketones is 1. The Morgan fingerprint density at radius 2 is 1.89 bits per heavy atom. The molecule has 36 heavy (non-hydrogen) atoms. The fraction of sp³-hybridized carbons (Fsp3) is 0.185. The molecule has 2 aromatic heterocycles. The molecule has 184 valence electrons. The van der Waals surface area contributed by atoms with Gasteiger partial charge in [-0.3, -0.25) is 9.59 Å². The molecule has 0 aliphatic rings. The molecule has 9 heteroatoms. The lowest BCUT2D eigenvalue weighted by atomic mass is 10.1. The van der Waals surface area contributed by atoms with E-state index >= 15 is 0 Å². The molecule has 4 aromatic rings. The maximum absolute atomic E-state index is 12.3. The van der Waals surface area contributed by atoms with E-state index in [1.54, 1.807) is 24.4 Å². The van der Waals surface area contributed by atoms with Crippen molar-refractivity contribution in [2.75, 3.05) is 31.3 Å². The lowest BCUT2D eigenvalue weighted by molar-refractivity contribution is -0.120. The highest BCUT2D eigenvalue weighted by atomic mass is 35.5. The summed E-state index contributed by atoms with van der Waals surface area (Å²) in [5, 5.41) is 7.46. The molecule has 0 spiro atoms. The van der Waals surface area contributed by atoms with E-state index in [1.807, 2.05) is 61.6 Å². The molecule has 0 radical (unpaired) electrons. The van der Waals surface area contributed by atoms with Gasteiger partial charge in [0.25, 0.3) is 0 Å². The van der Waals surface area contributed by atoms with Gasteiger partial charge in [0, 0.05) is 53.4 Å². The highest BCUT2D eigenvalue weighted by Gasteiger charge is 2.13. The first-order chi connectivity index (χ1) is 17.4. The van der Waals surface area contributed by atoms with Crippen LogP contribution in [0.1, 0.15) is 12.8 Å². The van der Waals surface area contributed by atoms with E-state index in [0.29, 0.717) is 34.6 Å². The van der Waals surface area contributed by atoms with E-state index in [-0.39, 0.29) is 24.5 Å². The average molecular weight is 503 g/mol. The number of aromatic nitrogens is 3. The Labute approximate surface area is 214 Å². The quantitative estimate of drug-likeness (QED) is 0.250. The van der Waals surface area contributed by atoms with Crippen LogP contribution in [0.4, 0.5) is 17.3 Å². The number of anilines is 3. The normalized spacial score (nSPS) is 11.3. The predicted molar refractivity (Wildman–Crippen MR) is 145 cm³/mol. The van der Waals surface area contributed by atoms with Gasteiger partial charge in [0.1, 0.15) is 0 Å². The molecule has 0 fully saturated rings. The molecule has 2 heterocycles. The number of nitrogens with zero attached hydrogens (tertiary/aromatic N) is 3. The minimum Gasteiger partial charge on any atom is -0.360 e. The summed E-state index contributed by atoms with van der Waals surface area (Å²) in [7, 11) is 3.85. The summed E-state index contributed by atoms with van der Waals surface area (Å²) in [6, 6.07) is 15.1. The van der Waals surface area contributed by atoms with Crippen molar-refractivity contribution in [3.05, 3.63) is 78.1 Å². The number of hydrogen-bond acceptors (Lipinski definition) is 6. The van der Waals surface area contributed by atoms with Crippen LogP contribution in [0.2, 0.25) is 5.02 Å². The second-order valence-corrected chi connectivity index (χ2v) is 8.93. The van der Waals surface area contributed by atoms with E-state index in [2.05, 4.69) is 25.6 Å². The molecule has 4 rings (SSSR count). The van der Waals surface area contributed by atoms with Crippen LogP contribution in [0.5, 0.6) is 0 Å². The Hall–Kier alpha value is -4.01. The van der Waals surface area contributed by atoms with Gasteiger partial charge in [-0.2, -0.15) is 0 Å². The summed E-state index contributed by atoms with van der Waals surface area (Å²) < 4.78 is 0. The maximum atomic E-state index is 12.3. The number of hydrogen-bond donors (Lipinski definition) is 3. The van der Waals surface area contributed by atoms with Gasteiger partial charge >= 0.3 is 0 Å². The Balaban J connectivity index is 1.41. The van der Waals surface area contributed by atoms with Gasteiger partial charge in [0.15, 0.2) is 5.78 Å². The number of fused-ring (bicyclic) bond motifs is 1. The van der Waals surface area contributed by atoms with Crippen molar-refractivity contribution in [3.8, 4) is 11.3 Å². The molecule has 0 unspecified atom stereocenters. The maximum Gasteiger partial charge on any atom is 0.227 e. The van der Waals surface area contributed by atoms with Crippen molar-refractivity contribution in [1.82, 2.24) is 19.9 Å². The zero-order chi connectivity index (χ0) is 25.5. The van der Waals surface area contributed by atoms with E-state index in [0.717, 1.165) is 16.5 Å². The van der Waals surface area contributed by atoms with Gasteiger partial charge in [0.2, 0.25) is 11.9 Å². The van der Waals surface area contributed by atoms with Gasteiger partial charge in [-0.25, -0.2) is 9.97 Å². The molecular weight excluding hydrogens is 476 g/mol. The second-order valence-electron chi connectivity index (χ2n) is 8.52. The summed E-state index contributed by atoms with van der Waals surface area (Å²) in [6.45, 7) is 0.679. The molecule has 0 bridgehead atoms. The van der Waals surface area contributed by atoms with Gasteiger partial charge in [-0.05, 0) is 44.4 Å². The van der Waals surface area contributed by atoms with Crippen LogP contribution in [-0.2, 0) is 9.59 Å². The molecule has 0 atom stereocenters. The lowest BCUT2D eigenvalue weighted by Crippen LogP contribution is -2.13. The summed E-state index contributed by atoms with van der Waals surface area (Å²) in [6.07, 6.45) is 7.01. The highest BCUT2D eigenvalue weighted by molar-refractivity contribution is 6.33. The standard InChI is InChI=1S/C27H27ClN6O2/c1-34(2)14-6-9-20(35)12-13-25(36)31-18-7-5-8-19(15-18)32-27-30-17-23(28)26(33-27)22-16-29-24-11-4-3-10-21(22)24/h3-11,15-17,29H,12-14H2,1-2H3,(H,31,36)(H,30,32,33)/b9-6+. The lowest BCUT2D eigenvalue weighted by Gasteiger charge is -2.10. The number of H-pyrrole nitrogens is 1. The summed E-state index contributed by atoms with van der Waals surface area (Å²) in [5.74, 6) is 0.0671. The van der Waals surface area contributed by atoms with Crippen molar-refractivity contribution in [3.63, 3.8) is 0 Å². The predicted octanol–water partition coefficient (Wildman–Crippen LogP) is 5.43. The van der Waals surface area contributed by atoms with Crippen molar-refractivity contribution in [2.45, 2.75) is 12.8 Å². The third-order valence-electron chi connectivity index (χ3n) is 5.36. The molecule has 2 aromatic carbocycles. The second kappa shape index (κ2) is 11.6. The number of aromatic amines is 1. The molecular formula is C27H27ClN6O2. The fourth-order valence-corrected chi connectivity index (χ4v) is 3.82. The van der Waals surface area contributed by atoms with Crippen LogP contribution in [0.3, 0.4) is 0 Å². The average Bonchev–Trinajstić information content (AvgIpc) is 3.28. The number of carbonyl (C=O) groups excluding carboxylic acids is 2.